The Morgan fingerprint density at radius 2 is 2.20 bits per heavy atom. The van der Waals surface area contributed by atoms with Crippen LogP contribution in [-0.2, 0) is 6.42 Å². The second-order valence-electron chi connectivity index (χ2n) is 4.67. The van der Waals surface area contributed by atoms with Crippen LogP contribution >= 0.6 is 24.0 Å². The fraction of sp³-hybridized carbons (Fsp3) is 0.385. The summed E-state index contributed by atoms with van der Waals surface area (Å²) in [5, 5.41) is 17.3. The molecule has 1 saturated heterocycles. The zero-order valence-corrected chi connectivity index (χ0v) is 12.2. The summed E-state index contributed by atoms with van der Waals surface area (Å²) in [5.41, 5.74) is 0.968. The van der Waals surface area contributed by atoms with E-state index in [9.17, 15) is 5.11 Å². The van der Waals surface area contributed by atoms with Gasteiger partial charge in [0.05, 0.1) is 12.1 Å². The van der Waals surface area contributed by atoms with Gasteiger partial charge in [-0.05, 0) is 18.1 Å². The maximum absolute atomic E-state index is 9.47. The van der Waals surface area contributed by atoms with Crippen LogP contribution in [0.2, 0.25) is 5.02 Å². The first-order valence-corrected chi connectivity index (χ1v) is 6.57. The van der Waals surface area contributed by atoms with Gasteiger partial charge in [0.15, 0.2) is 5.82 Å². The van der Waals surface area contributed by atoms with Crippen molar-refractivity contribution in [1.82, 2.24) is 15.5 Å². The second kappa shape index (κ2) is 6.54. The molecule has 1 aromatic heterocycles. The minimum atomic E-state index is -0.344. The van der Waals surface area contributed by atoms with E-state index in [1.165, 1.54) is 0 Å². The zero-order chi connectivity index (χ0) is 13.2. The molecule has 1 aliphatic heterocycles. The highest BCUT2D eigenvalue weighted by Gasteiger charge is 2.28. The largest absolute Gasteiger partial charge is 0.392 e. The molecule has 1 aliphatic rings. The third-order valence-electron chi connectivity index (χ3n) is 3.20. The topological polar surface area (TPSA) is 71.2 Å². The number of rotatable bonds is 3. The summed E-state index contributed by atoms with van der Waals surface area (Å²) >= 11 is 6.10. The SMILES string of the molecule is Cl.O[C@@H]1CN[C@@H](c2nc(Cc3ccccc3Cl)no2)C1. The van der Waals surface area contributed by atoms with E-state index in [1.54, 1.807) is 0 Å². The molecular formula is C13H15Cl2N3O2. The number of hydrogen-bond acceptors (Lipinski definition) is 5. The van der Waals surface area contributed by atoms with Gasteiger partial charge in [-0.1, -0.05) is 35.0 Å². The summed E-state index contributed by atoms with van der Waals surface area (Å²) in [4.78, 5) is 4.35. The molecule has 1 aromatic carbocycles. The molecule has 2 N–H and O–H groups in total. The van der Waals surface area contributed by atoms with E-state index in [0.717, 1.165) is 5.56 Å². The molecule has 0 saturated carbocycles. The van der Waals surface area contributed by atoms with Crippen LogP contribution in [0.5, 0.6) is 0 Å². The molecular weight excluding hydrogens is 301 g/mol. The quantitative estimate of drug-likeness (QED) is 0.908. The fourth-order valence-corrected chi connectivity index (χ4v) is 2.40. The predicted octanol–water partition coefficient (Wildman–Crippen LogP) is 2.13. The normalized spacial score (nSPS) is 21.7. The predicted molar refractivity (Wildman–Crippen MR) is 77.2 cm³/mol. The maximum Gasteiger partial charge on any atom is 0.243 e. The van der Waals surface area contributed by atoms with Gasteiger partial charge in [0, 0.05) is 18.0 Å². The average Bonchev–Trinajstić information content (AvgIpc) is 3.01. The highest BCUT2D eigenvalue weighted by Crippen LogP contribution is 2.23. The molecule has 0 unspecified atom stereocenters. The summed E-state index contributed by atoms with van der Waals surface area (Å²) in [6, 6.07) is 7.54. The highest BCUT2D eigenvalue weighted by atomic mass is 35.5. The van der Waals surface area contributed by atoms with Gasteiger partial charge in [-0.25, -0.2) is 0 Å². The Labute approximate surface area is 127 Å². The van der Waals surface area contributed by atoms with E-state index < -0.39 is 0 Å². The molecule has 0 amide bonds. The smallest absolute Gasteiger partial charge is 0.243 e. The number of aromatic nitrogens is 2. The van der Waals surface area contributed by atoms with Crippen molar-refractivity contribution in [3.8, 4) is 0 Å². The van der Waals surface area contributed by atoms with E-state index in [0.29, 0.717) is 36.1 Å². The van der Waals surface area contributed by atoms with Crippen molar-refractivity contribution in [2.24, 2.45) is 0 Å². The number of halogens is 2. The third-order valence-corrected chi connectivity index (χ3v) is 3.56. The molecule has 5 nitrogen and oxygen atoms in total. The van der Waals surface area contributed by atoms with Gasteiger partial charge in [-0.2, -0.15) is 4.98 Å². The zero-order valence-electron chi connectivity index (χ0n) is 10.6. The highest BCUT2D eigenvalue weighted by molar-refractivity contribution is 6.31. The van der Waals surface area contributed by atoms with Crippen LogP contribution in [0.1, 0.15) is 29.7 Å². The van der Waals surface area contributed by atoms with Gasteiger partial charge in [-0.15, -0.1) is 12.4 Å². The lowest BCUT2D eigenvalue weighted by Gasteiger charge is -2.01. The number of benzene rings is 1. The summed E-state index contributed by atoms with van der Waals surface area (Å²) in [6.07, 6.45) is 0.801. The molecule has 3 rings (SSSR count). The summed E-state index contributed by atoms with van der Waals surface area (Å²) < 4.78 is 5.23. The Balaban J connectivity index is 0.00000147. The van der Waals surface area contributed by atoms with Gasteiger partial charge in [-0.3, -0.25) is 0 Å². The fourth-order valence-electron chi connectivity index (χ4n) is 2.20. The molecule has 20 heavy (non-hydrogen) atoms. The minimum absolute atomic E-state index is 0. The van der Waals surface area contributed by atoms with E-state index >= 15 is 0 Å². The van der Waals surface area contributed by atoms with Crippen molar-refractivity contribution in [3.05, 3.63) is 46.6 Å². The van der Waals surface area contributed by atoms with Crippen LogP contribution in [0.4, 0.5) is 0 Å². The maximum atomic E-state index is 9.47. The number of aliphatic hydroxyl groups excluding tert-OH is 1. The average molecular weight is 316 g/mol. The lowest BCUT2D eigenvalue weighted by Crippen LogP contribution is -2.15. The van der Waals surface area contributed by atoms with E-state index in [4.69, 9.17) is 16.1 Å². The van der Waals surface area contributed by atoms with E-state index in [2.05, 4.69) is 15.5 Å². The summed E-state index contributed by atoms with van der Waals surface area (Å²) in [5.74, 6) is 1.13. The number of nitrogens with zero attached hydrogens (tertiary/aromatic N) is 2. The van der Waals surface area contributed by atoms with Crippen LogP contribution in [0.15, 0.2) is 28.8 Å². The van der Waals surface area contributed by atoms with Crippen LogP contribution < -0.4 is 5.32 Å². The molecule has 2 heterocycles. The second-order valence-corrected chi connectivity index (χ2v) is 5.07. The van der Waals surface area contributed by atoms with Gasteiger partial charge in [0.25, 0.3) is 0 Å². The van der Waals surface area contributed by atoms with Crippen LogP contribution in [0, 0.1) is 0 Å². The number of hydrogen-bond donors (Lipinski definition) is 2. The molecule has 0 bridgehead atoms. The monoisotopic (exact) mass is 315 g/mol. The first-order valence-electron chi connectivity index (χ1n) is 6.19. The van der Waals surface area contributed by atoms with Crippen molar-refractivity contribution in [2.75, 3.05) is 6.54 Å². The van der Waals surface area contributed by atoms with Crippen molar-refractivity contribution >= 4 is 24.0 Å². The lowest BCUT2D eigenvalue weighted by molar-refractivity contribution is 0.191. The minimum Gasteiger partial charge on any atom is -0.392 e. The van der Waals surface area contributed by atoms with Gasteiger partial charge >= 0.3 is 0 Å². The first kappa shape index (κ1) is 15.3. The van der Waals surface area contributed by atoms with E-state index in [-0.39, 0.29) is 24.6 Å². The number of aliphatic hydroxyl groups is 1. The Hall–Kier alpha value is -1.14. The van der Waals surface area contributed by atoms with Gasteiger partial charge in [0.2, 0.25) is 5.89 Å². The molecule has 108 valence electrons. The number of nitrogens with one attached hydrogen (secondary N) is 1. The Kier molecular flexibility index (Phi) is 4.99. The van der Waals surface area contributed by atoms with Crippen molar-refractivity contribution in [2.45, 2.75) is 25.0 Å². The standard InChI is InChI=1S/C13H14ClN3O2.ClH/c14-10-4-2-1-3-8(10)5-12-16-13(19-17-12)11-6-9(18)7-15-11;/h1-4,9,11,15,18H,5-7H2;1H/t9-,11+;/m0./s1. The Morgan fingerprint density at radius 1 is 1.40 bits per heavy atom. The van der Waals surface area contributed by atoms with Gasteiger partial charge in [0.1, 0.15) is 0 Å². The van der Waals surface area contributed by atoms with Crippen molar-refractivity contribution in [1.29, 1.82) is 0 Å². The van der Waals surface area contributed by atoms with Gasteiger partial charge < -0.3 is 14.9 Å². The van der Waals surface area contributed by atoms with Crippen LogP contribution in [0.25, 0.3) is 0 Å². The third kappa shape index (κ3) is 3.30. The Morgan fingerprint density at radius 3 is 2.90 bits per heavy atom. The van der Waals surface area contributed by atoms with Crippen LogP contribution in [-0.4, -0.2) is 27.9 Å². The molecule has 0 radical (unpaired) electrons. The number of β-amino-alcohol motifs (C(OH)–C–C–N with tert-alkyl or cyclic N) is 1. The molecule has 1 fully saturated rings. The Bertz CT molecular complexity index is 576. The van der Waals surface area contributed by atoms with Crippen molar-refractivity contribution in [3.63, 3.8) is 0 Å². The molecule has 0 aliphatic carbocycles. The molecule has 2 atom stereocenters. The summed E-state index contributed by atoms with van der Waals surface area (Å²) in [7, 11) is 0. The molecule has 7 heteroatoms. The van der Waals surface area contributed by atoms with Crippen LogP contribution in [0.3, 0.4) is 0 Å². The first-order chi connectivity index (χ1) is 9.22. The lowest BCUT2D eigenvalue weighted by atomic mass is 10.1. The molecule has 2 aromatic rings. The molecule has 0 spiro atoms. The van der Waals surface area contributed by atoms with Crippen molar-refractivity contribution < 1.29 is 9.63 Å². The summed E-state index contributed by atoms with van der Waals surface area (Å²) in [6.45, 7) is 0.562. The van der Waals surface area contributed by atoms with E-state index in [1.807, 2.05) is 24.3 Å².